The molecular weight excluding hydrogens is 262 g/mol. The number of rotatable bonds is 6. The van der Waals surface area contributed by atoms with Gasteiger partial charge in [-0.05, 0) is 24.1 Å². The largest absolute Gasteiger partial charge is 0.310 e. The number of benzene rings is 2. The fourth-order valence-electron chi connectivity index (χ4n) is 2.04. The van der Waals surface area contributed by atoms with Crippen molar-refractivity contribution in [3.05, 3.63) is 65.2 Å². The van der Waals surface area contributed by atoms with Crippen molar-refractivity contribution < 1.29 is 0 Å². The summed E-state index contributed by atoms with van der Waals surface area (Å²) >= 11 is 1.92. The molecule has 1 N–H and O–H groups in total. The summed E-state index contributed by atoms with van der Waals surface area (Å²) in [6.45, 7) is 7.47. The summed E-state index contributed by atoms with van der Waals surface area (Å²) in [6.07, 6.45) is 0. The maximum absolute atomic E-state index is 3.51. The highest BCUT2D eigenvalue weighted by molar-refractivity contribution is 7.98. The highest BCUT2D eigenvalue weighted by Gasteiger charge is 2.05. The van der Waals surface area contributed by atoms with Crippen LogP contribution in [-0.2, 0) is 12.3 Å². The molecule has 0 saturated carbocycles. The standard InChI is InChI=1S/C18H23NS/c1-14(2)19-12-17-11-15(3)9-10-18(17)20-13-16-7-5-4-6-8-16/h4-11,14,19H,12-13H2,1-3H3. The van der Waals surface area contributed by atoms with Gasteiger partial charge < -0.3 is 5.32 Å². The number of hydrogen-bond donors (Lipinski definition) is 1. The minimum atomic E-state index is 0.516. The Morgan fingerprint density at radius 3 is 2.50 bits per heavy atom. The van der Waals surface area contributed by atoms with E-state index in [2.05, 4.69) is 74.6 Å². The summed E-state index contributed by atoms with van der Waals surface area (Å²) in [5.41, 5.74) is 4.11. The van der Waals surface area contributed by atoms with Gasteiger partial charge in [-0.25, -0.2) is 0 Å². The Morgan fingerprint density at radius 2 is 1.80 bits per heavy atom. The molecule has 2 heteroatoms. The summed E-state index contributed by atoms with van der Waals surface area (Å²) in [5.74, 6) is 1.03. The predicted molar refractivity (Wildman–Crippen MR) is 89.2 cm³/mol. The van der Waals surface area contributed by atoms with Gasteiger partial charge in [0.05, 0.1) is 0 Å². The highest BCUT2D eigenvalue weighted by atomic mass is 32.2. The molecule has 0 saturated heterocycles. The van der Waals surface area contributed by atoms with E-state index in [1.54, 1.807) is 0 Å². The first-order valence-electron chi connectivity index (χ1n) is 7.15. The average Bonchev–Trinajstić information content (AvgIpc) is 2.45. The second-order valence-corrected chi connectivity index (χ2v) is 6.44. The van der Waals surface area contributed by atoms with Crippen LogP contribution in [0.5, 0.6) is 0 Å². The second-order valence-electron chi connectivity index (χ2n) is 5.42. The minimum Gasteiger partial charge on any atom is -0.310 e. The van der Waals surface area contributed by atoms with E-state index in [9.17, 15) is 0 Å². The second kappa shape index (κ2) is 7.51. The summed E-state index contributed by atoms with van der Waals surface area (Å²) in [4.78, 5) is 1.38. The molecule has 0 bridgehead atoms. The van der Waals surface area contributed by atoms with Gasteiger partial charge in [0.25, 0.3) is 0 Å². The van der Waals surface area contributed by atoms with Crippen molar-refractivity contribution in [3.8, 4) is 0 Å². The Morgan fingerprint density at radius 1 is 1.05 bits per heavy atom. The highest BCUT2D eigenvalue weighted by Crippen LogP contribution is 2.27. The third kappa shape index (κ3) is 4.69. The molecule has 0 aliphatic carbocycles. The van der Waals surface area contributed by atoms with E-state index >= 15 is 0 Å². The van der Waals surface area contributed by atoms with E-state index in [1.165, 1.54) is 21.6 Å². The Labute approximate surface area is 126 Å². The first-order valence-corrected chi connectivity index (χ1v) is 8.13. The quantitative estimate of drug-likeness (QED) is 0.766. The van der Waals surface area contributed by atoms with E-state index in [1.807, 2.05) is 11.8 Å². The SMILES string of the molecule is Cc1ccc(SCc2ccccc2)c(CNC(C)C)c1. The first-order chi connectivity index (χ1) is 9.65. The maximum atomic E-state index is 3.51. The van der Waals surface area contributed by atoms with E-state index in [0.29, 0.717) is 6.04 Å². The zero-order valence-electron chi connectivity index (χ0n) is 12.5. The minimum absolute atomic E-state index is 0.516. The summed E-state index contributed by atoms with van der Waals surface area (Å²) in [6, 6.07) is 17.9. The van der Waals surface area contributed by atoms with Crippen LogP contribution in [0.2, 0.25) is 0 Å². The smallest absolute Gasteiger partial charge is 0.0232 e. The third-order valence-corrected chi connectivity index (χ3v) is 4.34. The molecule has 2 aromatic rings. The van der Waals surface area contributed by atoms with Crippen molar-refractivity contribution in [2.45, 2.75) is 44.0 Å². The van der Waals surface area contributed by atoms with Crippen molar-refractivity contribution in [1.82, 2.24) is 5.32 Å². The zero-order valence-corrected chi connectivity index (χ0v) is 13.3. The Balaban J connectivity index is 2.06. The van der Waals surface area contributed by atoms with Gasteiger partial charge in [0.2, 0.25) is 0 Å². The molecular formula is C18H23NS. The van der Waals surface area contributed by atoms with Crippen LogP contribution in [0.4, 0.5) is 0 Å². The monoisotopic (exact) mass is 285 g/mol. The molecule has 0 amide bonds. The van der Waals surface area contributed by atoms with E-state index in [-0.39, 0.29) is 0 Å². The summed E-state index contributed by atoms with van der Waals surface area (Å²) in [7, 11) is 0. The Kier molecular flexibility index (Phi) is 5.69. The number of hydrogen-bond acceptors (Lipinski definition) is 2. The van der Waals surface area contributed by atoms with Gasteiger partial charge in [0.15, 0.2) is 0 Å². The van der Waals surface area contributed by atoms with Gasteiger partial charge in [-0.2, -0.15) is 0 Å². The Hall–Kier alpha value is -1.25. The third-order valence-electron chi connectivity index (χ3n) is 3.15. The lowest BCUT2D eigenvalue weighted by Gasteiger charge is -2.13. The van der Waals surface area contributed by atoms with Gasteiger partial charge in [-0.1, -0.05) is 61.9 Å². The maximum Gasteiger partial charge on any atom is 0.0232 e. The van der Waals surface area contributed by atoms with Crippen LogP contribution in [0.1, 0.15) is 30.5 Å². The topological polar surface area (TPSA) is 12.0 Å². The normalized spacial score (nSPS) is 11.0. The van der Waals surface area contributed by atoms with E-state index in [4.69, 9.17) is 0 Å². The van der Waals surface area contributed by atoms with Crippen LogP contribution in [0.25, 0.3) is 0 Å². The molecule has 0 fully saturated rings. The molecule has 2 rings (SSSR count). The molecule has 1 nitrogen and oxygen atoms in total. The molecule has 0 aliphatic rings. The molecule has 106 valence electrons. The fourth-order valence-corrected chi connectivity index (χ4v) is 3.03. The van der Waals surface area contributed by atoms with Crippen molar-refractivity contribution in [2.24, 2.45) is 0 Å². The van der Waals surface area contributed by atoms with Gasteiger partial charge in [-0.15, -0.1) is 11.8 Å². The van der Waals surface area contributed by atoms with Crippen LogP contribution >= 0.6 is 11.8 Å². The molecule has 2 aromatic carbocycles. The summed E-state index contributed by atoms with van der Waals surface area (Å²) < 4.78 is 0. The van der Waals surface area contributed by atoms with Crippen LogP contribution < -0.4 is 5.32 Å². The molecule has 0 unspecified atom stereocenters. The molecule has 0 atom stereocenters. The van der Waals surface area contributed by atoms with Gasteiger partial charge in [0, 0.05) is 23.2 Å². The van der Waals surface area contributed by atoms with Crippen molar-refractivity contribution in [1.29, 1.82) is 0 Å². The number of nitrogens with one attached hydrogen (secondary N) is 1. The first kappa shape index (κ1) is 15.1. The number of aryl methyl sites for hydroxylation is 1. The van der Waals surface area contributed by atoms with Gasteiger partial charge >= 0.3 is 0 Å². The van der Waals surface area contributed by atoms with Crippen molar-refractivity contribution in [3.63, 3.8) is 0 Å². The zero-order chi connectivity index (χ0) is 14.4. The average molecular weight is 285 g/mol. The predicted octanol–water partition coefficient (Wildman–Crippen LogP) is 4.79. The Bertz CT molecular complexity index is 534. The van der Waals surface area contributed by atoms with E-state index < -0.39 is 0 Å². The summed E-state index contributed by atoms with van der Waals surface area (Å²) in [5, 5.41) is 3.51. The van der Waals surface area contributed by atoms with Gasteiger partial charge in [-0.3, -0.25) is 0 Å². The van der Waals surface area contributed by atoms with Crippen LogP contribution in [0.3, 0.4) is 0 Å². The molecule has 20 heavy (non-hydrogen) atoms. The lowest BCUT2D eigenvalue weighted by atomic mass is 10.1. The molecule has 0 radical (unpaired) electrons. The van der Waals surface area contributed by atoms with Crippen LogP contribution in [-0.4, -0.2) is 6.04 Å². The van der Waals surface area contributed by atoms with Crippen LogP contribution in [0, 0.1) is 6.92 Å². The number of thioether (sulfide) groups is 1. The van der Waals surface area contributed by atoms with E-state index in [0.717, 1.165) is 12.3 Å². The molecule has 0 spiro atoms. The molecule has 0 aliphatic heterocycles. The fraction of sp³-hybridized carbons (Fsp3) is 0.333. The molecule has 0 heterocycles. The van der Waals surface area contributed by atoms with Crippen molar-refractivity contribution >= 4 is 11.8 Å². The van der Waals surface area contributed by atoms with Crippen LogP contribution in [0.15, 0.2) is 53.4 Å². The lowest BCUT2D eigenvalue weighted by Crippen LogP contribution is -2.22. The van der Waals surface area contributed by atoms with Crippen molar-refractivity contribution in [2.75, 3.05) is 0 Å². The van der Waals surface area contributed by atoms with Gasteiger partial charge in [0.1, 0.15) is 0 Å². The molecule has 0 aromatic heterocycles. The lowest BCUT2D eigenvalue weighted by molar-refractivity contribution is 0.584.